The maximum Gasteiger partial charge on any atom is 0.142 e. The molecule has 2 heterocycles. The molecule has 0 bridgehead atoms. The molecule has 2 rings (SSSR count). The van der Waals surface area contributed by atoms with E-state index in [9.17, 15) is 0 Å². The number of rotatable bonds is 4. The fraction of sp³-hybridized carbons (Fsp3) is 0.615. The zero-order valence-corrected chi connectivity index (χ0v) is 12.7. The molecule has 1 fully saturated rings. The molecule has 0 amide bonds. The predicted octanol–water partition coefficient (Wildman–Crippen LogP) is 1.49. The largest absolute Gasteiger partial charge is 0.357 e. The number of nitrogens with zero attached hydrogens (tertiary/aromatic N) is 3. The van der Waals surface area contributed by atoms with Crippen molar-refractivity contribution in [3.63, 3.8) is 0 Å². The maximum atomic E-state index is 4.45. The van der Waals surface area contributed by atoms with Gasteiger partial charge < -0.3 is 10.2 Å². The highest BCUT2D eigenvalue weighted by Gasteiger charge is 2.12. The number of anilines is 1. The Balaban J connectivity index is 1.90. The van der Waals surface area contributed by atoms with Crippen molar-refractivity contribution in [1.82, 2.24) is 15.2 Å². The Morgan fingerprint density at radius 2 is 2.17 bits per heavy atom. The quantitative estimate of drug-likeness (QED) is 0.913. The Hall–Kier alpha value is -0.650. The van der Waals surface area contributed by atoms with Gasteiger partial charge in [0.1, 0.15) is 5.82 Å². The summed E-state index contributed by atoms with van der Waals surface area (Å²) in [6, 6.07) is 2.03. The highest BCUT2D eigenvalue weighted by atomic mass is 79.9. The molecule has 18 heavy (non-hydrogen) atoms. The van der Waals surface area contributed by atoms with E-state index in [4.69, 9.17) is 0 Å². The summed E-state index contributed by atoms with van der Waals surface area (Å²) >= 11 is 3.62. The molecule has 1 aliphatic heterocycles. The van der Waals surface area contributed by atoms with Crippen molar-refractivity contribution in [2.75, 3.05) is 51.2 Å². The van der Waals surface area contributed by atoms with Crippen LogP contribution in [0.5, 0.6) is 0 Å². The Labute approximate surface area is 118 Å². The summed E-state index contributed by atoms with van der Waals surface area (Å²) in [6.45, 7) is 8.72. The molecule has 1 aromatic heterocycles. The van der Waals surface area contributed by atoms with Crippen LogP contribution in [0.4, 0.5) is 5.82 Å². The van der Waals surface area contributed by atoms with Gasteiger partial charge in [-0.05, 0) is 34.5 Å². The number of hydrogen-bond donors (Lipinski definition) is 1. The van der Waals surface area contributed by atoms with Gasteiger partial charge in [-0.25, -0.2) is 4.98 Å². The highest BCUT2D eigenvalue weighted by Crippen LogP contribution is 2.25. The topological polar surface area (TPSA) is 31.4 Å². The number of aromatic nitrogens is 1. The first kappa shape index (κ1) is 13.8. The van der Waals surface area contributed by atoms with Crippen molar-refractivity contribution >= 4 is 21.7 Å². The number of piperazine rings is 1. The molecule has 0 spiro atoms. The van der Waals surface area contributed by atoms with Gasteiger partial charge in [-0.1, -0.05) is 0 Å². The molecule has 1 aromatic rings. The van der Waals surface area contributed by atoms with Gasteiger partial charge in [0.05, 0.1) is 4.47 Å². The van der Waals surface area contributed by atoms with Gasteiger partial charge in [-0.2, -0.15) is 0 Å². The van der Waals surface area contributed by atoms with Crippen molar-refractivity contribution in [3.8, 4) is 0 Å². The Bertz CT molecular complexity index is 391. The molecule has 0 aromatic carbocycles. The SMILES string of the molecule is Cc1ccnc(N(C)CCN2CCNCC2)c1Br. The standard InChI is InChI=1S/C13H21BrN4/c1-11-3-4-16-13(12(11)14)17(2)9-10-18-7-5-15-6-8-18/h3-4,15H,5-10H2,1-2H3. The van der Waals surface area contributed by atoms with Crippen LogP contribution in [0.25, 0.3) is 0 Å². The second-order valence-corrected chi connectivity index (χ2v) is 5.57. The van der Waals surface area contributed by atoms with E-state index < -0.39 is 0 Å². The van der Waals surface area contributed by atoms with Crippen LogP contribution in [-0.4, -0.2) is 56.2 Å². The Kier molecular flexibility index (Phi) is 4.97. The molecule has 1 N–H and O–H groups in total. The second-order valence-electron chi connectivity index (χ2n) is 4.78. The minimum atomic E-state index is 1.01. The Morgan fingerprint density at radius 1 is 1.44 bits per heavy atom. The van der Waals surface area contributed by atoms with Crippen LogP contribution in [0.3, 0.4) is 0 Å². The first-order valence-corrected chi connectivity index (χ1v) is 7.23. The number of hydrogen-bond acceptors (Lipinski definition) is 4. The number of pyridine rings is 1. The molecular formula is C13H21BrN4. The van der Waals surface area contributed by atoms with E-state index in [0.717, 1.165) is 49.6 Å². The van der Waals surface area contributed by atoms with Crippen LogP contribution in [0.15, 0.2) is 16.7 Å². The lowest BCUT2D eigenvalue weighted by Gasteiger charge is -2.29. The fourth-order valence-corrected chi connectivity index (χ4v) is 2.66. The monoisotopic (exact) mass is 312 g/mol. The van der Waals surface area contributed by atoms with E-state index in [1.165, 1.54) is 5.56 Å². The molecule has 0 radical (unpaired) electrons. The van der Waals surface area contributed by atoms with Gasteiger partial charge in [-0.3, -0.25) is 4.90 Å². The molecule has 0 unspecified atom stereocenters. The van der Waals surface area contributed by atoms with Gasteiger partial charge in [-0.15, -0.1) is 0 Å². The second kappa shape index (κ2) is 6.50. The normalized spacial score (nSPS) is 16.8. The molecule has 100 valence electrons. The van der Waals surface area contributed by atoms with Crippen LogP contribution >= 0.6 is 15.9 Å². The number of likely N-dealkylation sites (N-methyl/N-ethyl adjacent to an activating group) is 1. The van der Waals surface area contributed by atoms with Crippen LogP contribution in [0.2, 0.25) is 0 Å². The number of aryl methyl sites for hydroxylation is 1. The van der Waals surface area contributed by atoms with Crippen molar-refractivity contribution in [1.29, 1.82) is 0 Å². The zero-order chi connectivity index (χ0) is 13.0. The molecular weight excluding hydrogens is 292 g/mol. The molecule has 5 heteroatoms. The van der Waals surface area contributed by atoms with E-state index in [2.05, 4.69) is 50.0 Å². The lowest BCUT2D eigenvalue weighted by atomic mass is 10.3. The summed E-state index contributed by atoms with van der Waals surface area (Å²) in [7, 11) is 2.11. The highest BCUT2D eigenvalue weighted by molar-refractivity contribution is 9.10. The lowest BCUT2D eigenvalue weighted by molar-refractivity contribution is 0.246. The van der Waals surface area contributed by atoms with Gasteiger partial charge >= 0.3 is 0 Å². The first-order valence-electron chi connectivity index (χ1n) is 6.44. The van der Waals surface area contributed by atoms with E-state index in [0.29, 0.717) is 0 Å². The minimum Gasteiger partial charge on any atom is -0.357 e. The number of halogens is 1. The third-order valence-electron chi connectivity index (χ3n) is 3.39. The third kappa shape index (κ3) is 3.43. The van der Waals surface area contributed by atoms with Crippen molar-refractivity contribution < 1.29 is 0 Å². The minimum absolute atomic E-state index is 1.01. The van der Waals surface area contributed by atoms with E-state index in [-0.39, 0.29) is 0 Å². The van der Waals surface area contributed by atoms with Gasteiger partial charge in [0.2, 0.25) is 0 Å². The van der Waals surface area contributed by atoms with Gasteiger partial charge in [0.15, 0.2) is 0 Å². The summed E-state index contributed by atoms with van der Waals surface area (Å²) < 4.78 is 1.10. The van der Waals surface area contributed by atoms with Gasteiger partial charge in [0.25, 0.3) is 0 Å². The van der Waals surface area contributed by atoms with Crippen LogP contribution in [0, 0.1) is 6.92 Å². The average Bonchev–Trinajstić information content (AvgIpc) is 2.40. The van der Waals surface area contributed by atoms with E-state index >= 15 is 0 Å². The summed E-state index contributed by atoms with van der Waals surface area (Å²) in [6.07, 6.45) is 1.87. The molecule has 0 aliphatic carbocycles. The fourth-order valence-electron chi connectivity index (χ4n) is 2.12. The lowest BCUT2D eigenvalue weighted by Crippen LogP contribution is -2.46. The molecule has 0 saturated carbocycles. The predicted molar refractivity (Wildman–Crippen MR) is 79.3 cm³/mol. The van der Waals surface area contributed by atoms with Crippen molar-refractivity contribution in [2.45, 2.75) is 6.92 Å². The van der Waals surface area contributed by atoms with Crippen molar-refractivity contribution in [3.05, 3.63) is 22.3 Å². The third-order valence-corrected chi connectivity index (χ3v) is 4.37. The average molecular weight is 313 g/mol. The maximum absolute atomic E-state index is 4.45. The molecule has 1 saturated heterocycles. The first-order chi connectivity index (χ1) is 8.68. The Morgan fingerprint density at radius 3 is 2.89 bits per heavy atom. The summed E-state index contributed by atoms with van der Waals surface area (Å²) in [4.78, 5) is 9.17. The molecule has 0 atom stereocenters. The molecule has 1 aliphatic rings. The van der Waals surface area contributed by atoms with Crippen LogP contribution < -0.4 is 10.2 Å². The van der Waals surface area contributed by atoms with Crippen LogP contribution in [-0.2, 0) is 0 Å². The summed E-state index contributed by atoms with van der Waals surface area (Å²) in [5.41, 5.74) is 1.23. The van der Waals surface area contributed by atoms with Crippen molar-refractivity contribution in [2.24, 2.45) is 0 Å². The van der Waals surface area contributed by atoms with Gasteiger partial charge in [0, 0.05) is 52.5 Å². The number of nitrogens with one attached hydrogen (secondary N) is 1. The summed E-state index contributed by atoms with van der Waals surface area (Å²) in [5, 5.41) is 3.38. The van der Waals surface area contributed by atoms with E-state index in [1.54, 1.807) is 0 Å². The zero-order valence-electron chi connectivity index (χ0n) is 11.1. The van der Waals surface area contributed by atoms with E-state index in [1.807, 2.05) is 12.3 Å². The summed E-state index contributed by atoms with van der Waals surface area (Å²) in [5.74, 6) is 1.03. The van der Waals surface area contributed by atoms with Crippen LogP contribution in [0.1, 0.15) is 5.56 Å². The molecule has 4 nitrogen and oxygen atoms in total. The smallest absolute Gasteiger partial charge is 0.142 e.